The van der Waals surface area contributed by atoms with E-state index in [0.29, 0.717) is 22.4 Å². The Labute approximate surface area is 109 Å². The maximum atomic E-state index is 11.9. The summed E-state index contributed by atoms with van der Waals surface area (Å²) in [5.41, 5.74) is 7.06. The normalized spacial score (nSPS) is 10.9. The summed E-state index contributed by atoms with van der Waals surface area (Å²) in [5, 5.41) is 9.16. The van der Waals surface area contributed by atoms with Crippen molar-refractivity contribution in [2.24, 2.45) is 7.05 Å². The SMILES string of the molecule is CC(C)c1csc(NC(=O)c2cnn(C)c2N)n1. The molecule has 2 aromatic heterocycles. The lowest BCUT2D eigenvalue weighted by Crippen LogP contribution is -2.13. The summed E-state index contributed by atoms with van der Waals surface area (Å²) < 4.78 is 1.45. The molecule has 0 aliphatic carbocycles. The molecule has 1 amide bonds. The number of nitrogens with two attached hydrogens (primary N) is 1. The molecule has 0 saturated heterocycles. The van der Waals surface area contributed by atoms with Crippen LogP contribution in [0.2, 0.25) is 0 Å². The van der Waals surface area contributed by atoms with Crippen LogP contribution >= 0.6 is 11.3 Å². The first kappa shape index (κ1) is 12.6. The maximum Gasteiger partial charge on any atom is 0.262 e. The smallest absolute Gasteiger partial charge is 0.262 e. The van der Waals surface area contributed by atoms with Gasteiger partial charge in [-0.05, 0) is 5.92 Å². The number of hydrogen-bond donors (Lipinski definition) is 2. The van der Waals surface area contributed by atoms with E-state index in [1.165, 1.54) is 22.2 Å². The topological polar surface area (TPSA) is 85.8 Å². The van der Waals surface area contributed by atoms with Crippen LogP contribution in [-0.2, 0) is 7.05 Å². The van der Waals surface area contributed by atoms with Crippen LogP contribution in [0.4, 0.5) is 10.9 Å². The molecule has 18 heavy (non-hydrogen) atoms. The lowest BCUT2D eigenvalue weighted by Gasteiger charge is -2.01. The van der Waals surface area contributed by atoms with Crippen LogP contribution in [0.3, 0.4) is 0 Å². The molecule has 0 aliphatic rings. The highest BCUT2D eigenvalue weighted by Crippen LogP contribution is 2.22. The van der Waals surface area contributed by atoms with Crippen LogP contribution in [0.15, 0.2) is 11.6 Å². The van der Waals surface area contributed by atoms with Crippen LogP contribution in [0.25, 0.3) is 0 Å². The number of carbonyl (C=O) groups excluding carboxylic acids is 1. The van der Waals surface area contributed by atoms with E-state index in [1.54, 1.807) is 7.05 Å². The molecule has 3 N–H and O–H groups in total. The monoisotopic (exact) mass is 265 g/mol. The molecule has 7 heteroatoms. The zero-order valence-electron chi connectivity index (χ0n) is 10.5. The van der Waals surface area contributed by atoms with E-state index in [1.807, 2.05) is 5.38 Å². The third kappa shape index (κ3) is 2.35. The first-order valence-corrected chi connectivity index (χ1v) is 6.41. The largest absolute Gasteiger partial charge is 0.383 e. The van der Waals surface area contributed by atoms with Crippen LogP contribution in [-0.4, -0.2) is 20.7 Å². The average Bonchev–Trinajstić information content (AvgIpc) is 2.88. The number of anilines is 2. The summed E-state index contributed by atoms with van der Waals surface area (Å²) in [4.78, 5) is 16.3. The van der Waals surface area contributed by atoms with Crippen molar-refractivity contribution in [3.05, 3.63) is 22.8 Å². The fourth-order valence-corrected chi connectivity index (χ4v) is 2.26. The van der Waals surface area contributed by atoms with E-state index in [0.717, 1.165) is 5.69 Å². The van der Waals surface area contributed by atoms with Crippen LogP contribution in [0.1, 0.15) is 35.8 Å². The summed E-state index contributed by atoms with van der Waals surface area (Å²) in [5.74, 6) is 0.397. The lowest BCUT2D eigenvalue weighted by molar-refractivity contribution is 0.102. The van der Waals surface area contributed by atoms with Crippen molar-refractivity contribution in [2.45, 2.75) is 19.8 Å². The number of carbonyl (C=O) groups is 1. The highest BCUT2D eigenvalue weighted by molar-refractivity contribution is 7.14. The molecule has 0 unspecified atom stereocenters. The van der Waals surface area contributed by atoms with Gasteiger partial charge < -0.3 is 5.73 Å². The van der Waals surface area contributed by atoms with E-state index in [-0.39, 0.29) is 5.91 Å². The molecule has 0 radical (unpaired) electrons. The van der Waals surface area contributed by atoms with Crippen molar-refractivity contribution in [2.75, 3.05) is 11.1 Å². The lowest BCUT2D eigenvalue weighted by atomic mass is 10.2. The van der Waals surface area contributed by atoms with Gasteiger partial charge in [0.15, 0.2) is 5.13 Å². The van der Waals surface area contributed by atoms with Crippen molar-refractivity contribution < 1.29 is 4.79 Å². The minimum absolute atomic E-state index is 0.287. The highest BCUT2D eigenvalue weighted by atomic mass is 32.1. The second-order valence-corrected chi connectivity index (χ2v) is 5.11. The number of nitrogen functional groups attached to an aromatic ring is 1. The molecule has 0 fully saturated rings. The van der Waals surface area contributed by atoms with E-state index in [9.17, 15) is 4.79 Å². The van der Waals surface area contributed by atoms with Gasteiger partial charge in [-0.1, -0.05) is 13.8 Å². The molecule has 0 aromatic carbocycles. The molecule has 96 valence electrons. The maximum absolute atomic E-state index is 11.9. The van der Waals surface area contributed by atoms with Gasteiger partial charge in [0.05, 0.1) is 11.9 Å². The van der Waals surface area contributed by atoms with Gasteiger partial charge in [0, 0.05) is 12.4 Å². The molecule has 0 atom stereocenters. The summed E-state index contributed by atoms with van der Waals surface area (Å²) in [6, 6.07) is 0. The van der Waals surface area contributed by atoms with Gasteiger partial charge in [0.2, 0.25) is 0 Å². The first-order chi connectivity index (χ1) is 8.49. The molecular weight excluding hydrogens is 250 g/mol. The molecule has 0 bridgehead atoms. The van der Waals surface area contributed by atoms with E-state index in [4.69, 9.17) is 5.73 Å². The van der Waals surface area contributed by atoms with Crippen molar-refractivity contribution >= 4 is 28.2 Å². The van der Waals surface area contributed by atoms with Gasteiger partial charge in [-0.15, -0.1) is 11.3 Å². The van der Waals surface area contributed by atoms with Gasteiger partial charge >= 0.3 is 0 Å². The van der Waals surface area contributed by atoms with E-state index in [2.05, 4.69) is 29.2 Å². The molecule has 2 rings (SSSR count). The quantitative estimate of drug-likeness (QED) is 0.886. The second-order valence-electron chi connectivity index (χ2n) is 4.25. The Morgan fingerprint density at radius 3 is 2.78 bits per heavy atom. The fraction of sp³-hybridized carbons (Fsp3) is 0.364. The first-order valence-electron chi connectivity index (χ1n) is 5.53. The van der Waals surface area contributed by atoms with Crippen molar-refractivity contribution in [3.8, 4) is 0 Å². The Hall–Kier alpha value is -1.89. The van der Waals surface area contributed by atoms with Crippen molar-refractivity contribution in [1.29, 1.82) is 0 Å². The molecule has 0 saturated carbocycles. The number of rotatable bonds is 3. The van der Waals surface area contributed by atoms with Crippen molar-refractivity contribution in [1.82, 2.24) is 14.8 Å². The number of thiazole rings is 1. The van der Waals surface area contributed by atoms with Gasteiger partial charge in [-0.3, -0.25) is 14.8 Å². The Morgan fingerprint density at radius 1 is 1.56 bits per heavy atom. The number of aryl methyl sites for hydroxylation is 1. The van der Waals surface area contributed by atoms with Crippen LogP contribution in [0, 0.1) is 0 Å². The molecule has 0 aliphatic heterocycles. The highest BCUT2D eigenvalue weighted by Gasteiger charge is 2.15. The van der Waals surface area contributed by atoms with E-state index < -0.39 is 0 Å². The third-order valence-corrected chi connectivity index (χ3v) is 3.34. The van der Waals surface area contributed by atoms with E-state index >= 15 is 0 Å². The summed E-state index contributed by atoms with van der Waals surface area (Å²) in [6.45, 7) is 4.11. The minimum atomic E-state index is -0.287. The third-order valence-electron chi connectivity index (χ3n) is 2.56. The van der Waals surface area contributed by atoms with Crippen LogP contribution in [0.5, 0.6) is 0 Å². The zero-order valence-corrected chi connectivity index (χ0v) is 11.3. The number of aromatic nitrogens is 3. The molecular formula is C11H15N5OS. The van der Waals surface area contributed by atoms with Gasteiger partial charge in [-0.25, -0.2) is 4.98 Å². The minimum Gasteiger partial charge on any atom is -0.383 e. The Bertz CT molecular complexity index is 572. The van der Waals surface area contributed by atoms with Gasteiger partial charge in [0.1, 0.15) is 11.4 Å². The van der Waals surface area contributed by atoms with Gasteiger partial charge in [0.25, 0.3) is 5.91 Å². The van der Waals surface area contributed by atoms with Gasteiger partial charge in [-0.2, -0.15) is 5.10 Å². The van der Waals surface area contributed by atoms with Crippen molar-refractivity contribution in [3.63, 3.8) is 0 Å². The zero-order chi connectivity index (χ0) is 13.3. The number of amides is 1. The molecule has 2 aromatic rings. The van der Waals surface area contributed by atoms with Crippen LogP contribution < -0.4 is 11.1 Å². The molecule has 0 spiro atoms. The standard InChI is InChI=1S/C11H15N5OS/c1-6(2)8-5-18-11(14-8)15-10(17)7-4-13-16(3)9(7)12/h4-6H,12H2,1-3H3,(H,14,15,17). The molecule has 2 heterocycles. The summed E-state index contributed by atoms with van der Waals surface area (Å²) in [7, 11) is 1.69. The molecule has 6 nitrogen and oxygen atoms in total. The number of hydrogen-bond acceptors (Lipinski definition) is 5. The summed E-state index contributed by atoms with van der Waals surface area (Å²) >= 11 is 1.40. The summed E-state index contributed by atoms with van der Waals surface area (Å²) in [6.07, 6.45) is 1.45. The Kier molecular flexibility index (Phi) is 3.33. The fourth-order valence-electron chi connectivity index (χ4n) is 1.40. The number of nitrogens with zero attached hydrogens (tertiary/aromatic N) is 3. The number of nitrogens with one attached hydrogen (secondary N) is 1. The predicted molar refractivity (Wildman–Crippen MR) is 71.8 cm³/mol. The Balaban J connectivity index is 2.14. The predicted octanol–water partition coefficient (Wildman–Crippen LogP) is 1.83. The second kappa shape index (κ2) is 4.77. The Morgan fingerprint density at radius 2 is 2.28 bits per heavy atom. The average molecular weight is 265 g/mol.